The molecule has 0 fully saturated rings. The molecule has 2 aromatic heterocycles. The number of thiophene rings is 1. The molecule has 2 heterocycles. The Labute approximate surface area is 114 Å². The standard InChI is InChI=1S/C12H16BrN3S/c1-9-11(13)7-10(17-9)8-14-4-2-3-12-15-5-6-16-12/h5-7,14H,2-4,8H2,1H3,(H,15,16). The van der Waals surface area contributed by atoms with Crippen LogP contribution < -0.4 is 5.32 Å². The topological polar surface area (TPSA) is 40.7 Å². The number of nitrogens with one attached hydrogen (secondary N) is 2. The summed E-state index contributed by atoms with van der Waals surface area (Å²) in [5, 5.41) is 3.45. The van der Waals surface area contributed by atoms with Crippen LogP contribution in [0.1, 0.15) is 22.0 Å². The molecule has 0 aliphatic rings. The first-order valence-corrected chi connectivity index (χ1v) is 7.30. The highest BCUT2D eigenvalue weighted by Gasteiger charge is 2.02. The van der Waals surface area contributed by atoms with Gasteiger partial charge in [0.1, 0.15) is 5.82 Å². The largest absolute Gasteiger partial charge is 0.349 e. The molecule has 92 valence electrons. The third-order valence-corrected chi connectivity index (χ3v) is 4.67. The van der Waals surface area contributed by atoms with Crippen molar-refractivity contribution in [1.29, 1.82) is 0 Å². The van der Waals surface area contributed by atoms with E-state index >= 15 is 0 Å². The summed E-state index contributed by atoms with van der Waals surface area (Å²) in [7, 11) is 0. The van der Waals surface area contributed by atoms with Crippen LogP contribution in [-0.2, 0) is 13.0 Å². The van der Waals surface area contributed by atoms with Gasteiger partial charge in [0.25, 0.3) is 0 Å². The van der Waals surface area contributed by atoms with E-state index in [-0.39, 0.29) is 0 Å². The average Bonchev–Trinajstić information content (AvgIpc) is 2.90. The van der Waals surface area contributed by atoms with E-state index in [0.717, 1.165) is 31.8 Å². The summed E-state index contributed by atoms with van der Waals surface area (Å²) < 4.78 is 1.22. The predicted molar refractivity (Wildman–Crippen MR) is 75.4 cm³/mol. The second-order valence-corrected chi connectivity index (χ2v) is 6.13. The van der Waals surface area contributed by atoms with Crippen LogP contribution >= 0.6 is 27.3 Å². The molecule has 2 N–H and O–H groups in total. The van der Waals surface area contributed by atoms with E-state index in [2.05, 4.69) is 44.2 Å². The van der Waals surface area contributed by atoms with Gasteiger partial charge in [-0.15, -0.1) is 11.3 Å². The molecule has 0 bridgehead atoms. The maximum Gasteiger partial charge on any atom is 0.106 e. The molecule has 3 nitrogen and oxygen atoms in total. The zero-order chi connectivity index (χ0) is 12.1. The molecule has 0 unspecified atom stereocenters. The first kappa shape index (κ1) is 12.8. The van der Waals surface area contributed by atoms with Crippen molar-refractivity contribution in [2.45, 2.75) is 26.3 Å². The summed E-state index contributed by atoms with van der Waals surface area (Å²) in [6, 6.07) is 2.19. The molecule has 0 atom stereocenters. The van der Waals surface area contributed by atoms with Crippen molar-refractivity contribution < 1.29 is 0 Å². The molecule has 0 aromatic carbocycles. The molecule has 2 rings (SSSR count). The van der Waals surface area contributed by atoms with Crippen molar-refractivity contribution in [3.8, 4) is 0 Å². The third-order valence-electron chi connectivity index (χ3n) is 2.53. The van der Waals surface area contributed by atoms with Gasteiger partial charge in [-0.25, -0.2) is 4.98 Å². The Morgan fingerprint density at radius 1 is 1.53 bits per heavy atom. The number of hydrogen-bond donors (Lipinski definition) is 2. The minimum Gasteiger partial charge on any atom is -0.349 e. The van der Waals surface area contributed by atoms with Crippen LogP contribution in [0.25, 0.3) is 0 Å². The van der Waals surface area contributed by atoms with E-state index in [9.17, 15) is 0 Å². The van der Waals surface area contributed by atoms with E-state index in [1.807, 2.05) is 17.5 Å². The summed E-state index contributed by atoms with van der Waals surface area (Å²) in [5.74, 6) is 1.07. The van der Waals surface area contributed by atoms with Crippen molar-refractivity contribution in [3.63, 3.8) is 0 Å². The molecule has 0 saturated carbocycles. The second kappa shape index (κ2) is 6.33. The number of aromatic nitrogens is 2. The number of H-pyrrole nitrogens is 1. The highest BCUT2D eigenvalue weighted by molar-refractivity contribution is 9.10. The quantitative estimate of drug-likeness (QED) is 0.804. The van der Waals surface area contributed by atoms with Crippen LogP contribution in [0.5, 0.6) is 0 Å². The smallest absolute Gasteiger partial charge is 0.106 e. The summed E-state index contributed by atoms with van der Waals surface area (Å²) >= 11 is 5.38. The molecule has 17 heavy (non-hydrogen) atoms. The monoisotopic (exact) mass is 313 g/mol. The van der Waals surface area contributed by atoms with Gasteiger partial charge < -0.3 is 10.3 Å². The number of nitrogens with zero attached hydrogens (tertiary/aromatic N) is 1. The van der Waals surface area contributed by atoms with Gasteiger partial charge in [-0.3, -0.25) is 0 Å². The van der Waals surface area contributed by atoms with Gasteiger partial charge in [0.15, 0.2) is 0 Å². The van der Waals surface area contributed by atoms with Crippen LogP contribution in [0.15, 0.2) is 22.9 Å². The zero-order valence-electron chi connectivity index (χ0n) is 9.79. The highest BCUT2D eigenvalue weighted by atomic mass is 79.9. The fourth-order valence-corrected chi connectivity index (χ4v) is 3.20. The average molecular weight is 314 g/mol. The number of imidazole rings is 1. The highest BCUT2D eigenvalue weighted by Crippen LogP contribution is 2.25. The van der Waals surface area contributed by atoms with Crippen molar-refractivity contribution in [2.75, 3.05) is 6.54 Å². The van der Waals surface area contributed by atoms with Gasteiger partial charge in [-0.2, -0.15) is 0 Å². The number of halogens is 1. The van der Waals surface area contributed by atoms with Crippen LogP contribution in [0.3, 0.4) is 0 Å². The fraction of sp³-hybridized carbons (Fsp3) is 0.417. The molecular formula is C12H16BrN3S. The number of aryl methyl sites for hydroxylation is 2. The van der Waals surface area contributed by atoms with Crippen molar-refractivity contribution in [2.24, 2.45) is 0 Å². The summed E-state index contributed by atoms with van der Waals surface area (Å²) in [6.45, 7) is 4.11. The Morgan fingerprint density at radius 2 is 2.41 bits per heavy atom. The van der Waals surface area contributed by atoms with E-state index in [1.165, 1.54) is 14.2 Å². The van der Waals surface area contributed by atoms with E-state index in [0.29, 0.717) is 0 Å². The minimum atomic E-state index is 0.954. The number of aromatic amines is 1. The van der Waals surface area contributed by atoms with Crippen LogP contribution in [0, 0.1) is 6.92 Å². The Morgan fingerprint density at radius 3 is 3.06 bits per heavy atom. The third kappa shape index (κ3) is 3.94. The normalized spacial score (nSPS) is 10.9. The Balaban J connectivity index is 1.63. The van der Waals surface area contributed by atoms with Gasteiger partial charge in [0, 0.05) is 39.6 Å². The second-order valence-electron chi connectivity index (χ2n) is 3.93. The van der Waals surface area contributed by atoms with Crippen LogP contribution in [-0.4, -0.2) is 16.5 Å². The Kier molecular flexibility index (Phi) is 4.76. The molecule has 0 aliphatic carbocycles. The first-order valence-electron chi connectivity index (χ1n) is 5.69. The van der Waals surface area contributed by atoms with Gasteiger partial charge in [0.05, 0.1) is 0 Å². The molecule has 0 saturated heterocycles. The minimum absolute atomic E-state index is 0.954. The number of hydrogen-bond acceptors (Lipinski definition) is 3. The Bertz CT molecular complexity index is 431. The van der Waals surface area contributed by atoms with Crippen LogP contribution in [0.2, 0.25) is 0 Å². The van der Waals surface area contributed by atoms with E-state index < -0.39 is 0 Å². The molecule has 0 aliphatic heterocycles. The zero-order valence-corrected chi connectivity index (χ0v) is 12.2. The molecular weight excluding hydrogens is 298 g/mol. The Hall–Kier alpha value is -0.650. The lowest BCUT2D eigenvalue weighted by molar-refractivity contribution is 0.645. The molecule has 0 radical (unpaired) electrons. The molecule has 0 amide bonds. The summed E-state index contributed by atoms with van der Waals surface area (Å²) in [6.07, 6.45) is 5.79. The van der Waals surface area contributed by atoms with Crippen LogP contribution in [0.4, 0.5) is 0 Å². The lowest BCUT2D eigenvalue weighted by Crippen LogP contribution is -2.14. The van der Waals surface area contributed by atoms with Gasteiger partial charge in [-0.05, 0) is 41.9 Å². The lowest BCUT2D eigenvalue weighted by atomic mass is 10.3. The predicted octanol–water partition coefficient (Wildman–Crippen LogP) is 3.26. The maximum atomic E-state index is 4.20. The molecule has 5 heteroatoms. The number of rotatable bonds is 6. The van der Waals surface area contributed by atoms with Gasteiger partial charge >= 0.3 is 0 Å². The lowest BCUT2D eigenvalue weighted by Gasteiger charge is -2.01. The SMILES string of the molecule is Cc1sc(CNCCCc2ncc[nH]2)cc1Br. The van der Waals surface area contributed by atoms with Gasteiger partial charge in [0.2, 0.25) is 0 Å². The van der Waals surface area contributed by atoms with Crippen molar-refractivity contribution in [3.05, 3.63) is 38.5 Å². The molecule has 0 spiro atoms. The maximum absolute atomic E-state index is 4.20. The van der Waals surface area contributed by atoms with E-state index in [4.69, 9.17) is 0 Å². The first-order chi connectivity index (χ1) is 8.25. The molecule has 2 aromatic rings. The fourth-order valence-electron chi connectivity index (χ4n) is 1.63. The van der Waals surface area contributed by atoms with E-state index in [1.54, 1.807) is 6.20 Å². The van der Waals surface area contributed by atoms with Crippen molar-refractivity contribution >= 4 is 27.3 Å². The summed E-state index contributed by atoms with van der Waals surface area (Å²) in [4.78, 5) is 10.0. The summed E-state index contributed by atoms with van der Waals surface area (Å²) in [5.41, 5.74) is 0. The van der Waals surface area contributed by atoms with Crippen molar-refractivity contribution in [1.82, 2.24) is 15.3 Å². The van der Waals surface area contributed by atoms with Gasteiger partial charge in [-0.1, -0.05) is 0 Å².